The fourth-order valence-electron chi connectivity index (χ4n) is 1.55. The lowest BCUT2D eigenvalue weighted by Gasteiger charge is -2.14. The Kier molecular flexibility index (Phi) is 4.09. The molecule has 2 N–H and O–H groups in total. The van der Waals surface area contributed by atoms with E-state index >= 15 is 0 Å². The average molecular weight is 282 g/mol. The summed E-state index contributed by atoms with van der Waals surface area (Å²) in [5, 5.41) is 5.37. The summed E-state index contributed by atoms with van der Waals surface area (Å²) in [6.07, 6.45) is 1.99. The molecule has 1 aromatic carbocycles. The van der Waals surface area contributed by atoms with E-state index in [0.717, 1.165) is 12.8 Å². The van der Waals surface area contributed by atoms with Gasteiger partial charge in [-0.2, -0.15) is 0 Å². The maximum absolute atomic E-state index is 13.0. The second kappa shape index (κ2) is 5.61. The van der Waals surface area contributed by atoms with Crippen LogP contribution in [0.15, 0.2) is 23.1 Å². The molecule has 0 aliphatic heterocycles. The number of rotatable bonds is 4. The summed E-state index contributed by atoms with van der Waals surface area (Å²) in [4.78, 5) is 23.7. The van der Waals surface area contributed by atoms with Gasteiger partial charge in [0.2, 0.25) is 5.91 Å². The SMILES string of the molecule is CC(NC(=O)c1ccc(F)c(S)c1)C(=O)NC1CC1. The van der Waals surface area contributed by atoms with Crippen molar-refractivity contribution in [3.05, 3.63) is 29.6 Å². The van der Waals surface area contributed by atoms with Gasteiger partial charge in [0.1, 0.15) is 11.9 Å². The van der Waals surface area contributed by atoms with Crippen LogP contribution < -0.4 is 10.6 Å². The van der Waals surface area contributed by atoms with Crippen molar-refractivity contribution >= 4 is 24.4 Å². The Hall–Kier alpha value is -1.56. The third-order valence-corrected chi connectivity index (χ3v) is 3.22. The van der Waals surface area contributed by atoms with Crippen molar-refractivity contribution in [1.82, 2.24) is 10.6 Å². The van der Waals surface area contributed by atoms with Crippen LogP contribution in [-0.2, 0) is 4.79 Å². The molecule has 1 aliphatic rings. The van der Waals surface area contributed by atoms with E-state index in [2.05, 4.69) is 23.3 Å². The monoisotopic (exact) mass is 282 g/mol. The molecule has 0 aromatic heterocycles. The number of carbonyl (C=O) groups excluding carboxylic acids is 2. The second-order valence-electron chi connectivity index (χ2n) is 4.64. The number of hydrogen-bond acceptors (Lipinski definition) is 3. The summed E-state index contributed by atoms with van der Waals surface area (Å²) in [5.74, 6) is -1.11. The lowest BCUT2D eigenvalue weighted by molar-refractivity contribution is -0.122. The van der Waals surface area contributed by atoms with Crippen LogP contribution in [0.1, 0.15) is 30.1 Å². The largest absolute Gasteiger partial charge is 0.352 e. The number of thiol groups is 1. The molecule has 1 atom stereocenters. The van der Waals surface area contributed by atoms with Crippen molar-refractivity contribution in [2.75, 3.05) is 0 Å². The zero-order valence-corrected chi connectivity index (χ0v) is 11.3. The Labute approximate surface area is 116 Å². The Morgan fingerprint density at radius 2 is 2.11 bits per heavy atom. The summed E-state index contributed by atoms with van der Waals surface area (Å²) < 4.78 is 13.0. The van der Waals surface area contributed by atoms with Crippen LogP contribution in [0.3, 0.4) is 0 Å². The van der Waals surface area contributed by atoms with Gasteiger partial charge in [0.15, 0.2) is 0 Å². The number of nitrogens with one attached hydrogen (secondary N) is 2. The molecule has 1 aromatic rings. The van der Waals surface area contributed by atoms with Crippen molar-refractivity contribution in [3.63, 3.8) is 0 Å². The van der Waals surface area contributed by atoms with Crippen molar-refractivity contribution < 1.29 is 14.0 Å². The van der Waals surface area contributed by atoms with Crippen molar-refractivity contribution in [3.8, 4) is 0 Å². The predicted molar refractivity (Wildman–Crippen MR) is 71.7 cm³/mol. The summed E-state index contributed by atoms with van der Waals surface area (Å²) in [6.45, 7) is 1.61. The van der Waals surface area contributed by atoms with E-state index in [1.807, 2.05) is 0 Å². The van der Waals surface area contributed by atoms with Gasteiger partial charge in [-0.25, -0.2) is 4.39 Å². The summed E-state index contributed by atoms with van der Waals surface area (Å²) in [5.41, 5.74) is 0.275. The van der Waals surface area contributed by atoms with Crippen LogP contribution in [0, 0.1) is 5.82 Å². The normalized spacial score (nSPS) is 15.7. The highest BCUT2D eigenvalue weighted by Crippen LogP contribution is 2.18. The molecule has 1 aliphatic carbocycles. The van der Waals surface area contributed by atoms with Crippen LogP contribution in [0.2, 0.25) is 0 Å². The van der Waals surface area contributed by atoms with Crippen LogP contribution >= 0.6 is 12.6 Å². The molecule has 19 heavy (non-hydrogen) atoms. The highest BCUT2D eigenvalue weighted by atomic mass is 32.1. The van der Waals surface area contributed by atoms with E-state index in [1.165, 1.54) is 18.2 Å². The molecular formula is C13H15FN2O2S. The van der Waals surface area contributed by atoms with Gasteiger partial charge in [-0.3, -0.25) is 9.59 Å². The molecule has 1 saturated carbocycles. The maximum Gasteiger partial charge on any atom is 0.251 e. The maximum atomic E-state index is 13.0. The van der Waals surface area contributed by atoms with Crippen LogP contribution in [-0.4, -0.2) is 23.9 Å². The molecule has 0 bridgehead atoms. The van der Waals surface area contributed by atoms with E-state index in [0.29, 0.717) is 0 Å². The Morgan fingerprint density at radius 1 is 1.42 bits per heavy atom. The molecule has 0 saturated heterocycles. The molecule has 2 rings (SSSR count). The highest BCUT2D eigenvalue weighted by molar-refractivity contribution is 7.80. The molecule has 102 valence electrons. The average Bonchev–Trinajstić information content (AvgIpc) is 3.16. The van der Waals surface area contributed by atoms with Crippen LogP contribution in [0.4, 0.5) is 4.39 Å². The molecule has 6 heteroatoms. The van der Waals surface area contributed by atoms with Gasteiger partial charge in [0.25, 0.3) is 5.91 Å². The van der Waals surface area contributed by atoms with Gasteiger partial charge < -0.3 is 10.6 Å². The highest BCUT2D eigenvalue weighted by Gasteiger charge is 2.26. The van der Waals surface area contributed by atoms with Gasteiger partial charge in [-0.1, -0.05) is 0 Å². The first kappa shape index (κ1) is 13.9. The summed E-state index contributed by atoms with van der Waals surface area (Å²) in [7, 11) is 0. The standard InChI is InChI=1S/C13H15FN2O2S/c1-7(12(17)16-9-3-4-9)15-13(18)8-2-5-10(14)11(19)6-8/h2,5-7,9,19H,3-4H2,1H3,(H,15,18)(H,16,17). The van der Waals surface area contributed by atoms with E-state index in [4.69, 9.17) is 0 Å². The van der Waals surface area contributed by atoms with Crippen molar-refractivity contribution in [2.24, 2.45) is 0 Å². The molecular weight excluding hydrogens is 267 g/mol. The van der Waals surface area contributed by atoms with Gasteiger partial charge in [0.05, 0.1) is 0 Å². The van der Waals surface area contributed by atoms with Crippen molar-refractivity contribution in [1.29, 1.82) is 0 Å². The number of benzene rings is 1. The zero-order valence-electron chi connectivity index (χ0n) is 10.4. The molecule has 0 spiro atoms. The Balaban J connectivity index is 1.95. The Bertz CT molecular complexity index is 517. The van der Waals surface area contributed by atoms with E-state index in [1.54, 1.807) is 6.92 Å². The fourth-order valence-corrected chi connectivity index (χ4v) is 1.77. The second-order valence-corrected chi connectivity index (χ2v) is 5.13. The van der Waals surface area contributed by atoms with Crippen LogP contribution in [0.25, 0.3) is 0 Å². The minimum atomic E-state index is -0.624. The first-order valence-electron chi connectivity index (χ1n) is 6.07. The predicted octanol–water partition coefficient (Wildman–Crippen LogP) is 1.51. The molecule has 4 nitrogen and oxygen atoms in total. The first-order valence-corrected chi connectivity index (χ1v) is 6.52. The third-order valence-electron chi connectivity index (χ3n) is 2.87. The molecule has 1 unspecified atom stereocenters. The molecule has 0 radical (unpaired) electrons. The van der Waals surface area contributed by atoms with E-state index in [-0.39, 0.29) is 22.4 Å². The molecule has 1 fully saturated rings. The van der Waals surface area contributed by atoms with E-state index < -0.39 is 17.8 Å². The smallest absolute Gasteiger partial charge is 0.251 e. The van der Waals surface area contributed by atoms with Gasteiger partial charge in [-0.05, 0) is 38.0 Å². The number of halogens is 1. The number of carbonyl (C=O) groups is 2. The molecule has 2 amide bonds. The lowest BCUT2D eigenvalue weighted by Crippen LogP contribution is -2.45. The lowest BCUT2D eigenvalue weighted by atomic mass is 10.2. The fraction of sp³-hybridized carbons (Fsp3) is 0.385. The van der Waals surface area contributed by atoms with E-state index in [9.17, 15) is 14.0 Å². The number of hydrogen-bond donors (Lipinski definition) is 3. The third kappa shape index (κ3) is 3.70. The zero-order chi connectivity index (χ0) is 14.0. The van der Waals surface area contributed by atoms with Gasteiger partial charge in [-0.15, -0.1) is 12.6 Å². The summed E-state index contributed by atoms with van der Waals surface area (Å²) in [6, 6.07) is 3.49. The van der Waals surface area contributed by atoms with Crippen LogP contribution in [0.5, 0.6) is 0 Å². The first-order chi connectivity index (χ1) is 8.97. The minimum Gasteiger partial charge on any atom is -0.352 e. The van der Waals surface area contributed by atoms with Gasteiger partial charge in [0, 0.05) is 16.5 Å². The molecule has 0 heterocycles. The quantitative estimate of drug-likeness (QED) is 0.733. The van der Waals surface area contributed by atoms with Gasteiger partial charge >= 0.3 is 0 Å². The Morgan fingerprint density at radius 3 is 2.68 bits per heavy atom. The van der Waals surface area contributed by atoms with Crippen molar-refractivity contribution in [2.45, 2.75) is 36.7 Å². The number of amides is 2. The minimum absolute atomic E-state index is 0.0998. The topological polar surface area (TPSA) is 58.2 Å². The summed E-state index contributed by atoms with van der Waals surface area (Å²) >= 11 is 3.91.